The molecule has 1 fully saturated rings. The molecule has 0 aromatic carbocycles. The second-order valence-electron chi connectivity index (χ2n) is 4.47. The Labute approximate surface area is 92.5 Å². The van der Waals surface area contributed by atoms with Gasteiger partial charge in [-0.25, -0.2) is 0 Å². The summed E-state index contributed by atoms with van der Waals surface area (Å²) < 4.78 is 0. The SMILES string of the molecule is CCC(CC)N(CC(=O)O)C1CCCC1. The summed E-state index contributed by atoms with van der Waals surface area (Å²) in [5, 5.41) is 8.94. The Hall–Kier alpha value is -0.570. The molecule has 1 N–H and O–H groups in total. The normalized spacial score (nSPS) is 17.9. The van der Waals surface area contributed by atoms with Crippen molar-refractivity contribution in [1.82, 2.24) is 4.90 Å². The molecule has 0 bridgehead atoms. The number of carbonyl (C=O) groups is 1. The van der Waals surface area contributed by atoms with Crippen molar-refractivity contribution in [3.63, 3.8) is 0 Å². The Morgan fingerprint density at radius 1 is 1.33 bits per heavy atom. The first-order valence-corrected chi connectivity index (χ1v) is 6.16. The van der Waals surface area contributed by atoms with Gasteiger partial charge in [0.25, 0.3) is 0 Å². The molecule has 0 spiro atoms. The lowest BCUT2D eigenvalue weighted by molar-refractivity contribution is -0.139. The van der Waals surface area contributed by atoms with Crippen LogP contribution in [0.4, 0.5) is 0 Å². The highest BCUT2D eigenvalue weighted by atomic mass is 16.4. The van der Waals surface area contributed by atoms with E-state index >= 15 is 0 Å². The van der Waals surface area contributed by atoms with E-state index in [1.165, 1.54) is 25.7 Å². The van der Waals surface area contributed by atoms with Crippen molar-refractivity contribution < 1.29 is 9.90 Å². The summed E-state index contributed by atoms with van der Waals surface area (Å²) in [6, 6.07) is 0.968. The average Bonchev–Trinajstić information content (AvgIpc) is 2.70. The minimum atomic E-state index is -0.686. The maximum atomic E-state index is 10.9. The molecular weight excluding hydrogens is 190 g/mol. The van der Waals surface area contributed by atoms with Crippen LogP contribution in [0.1, 0.15) is 52.4 Å². The van der Waals surface area contributed by atoms with Crippen LogP contribution >= 0.6 is 0 Å². The Morgan fingerprint density at radius 2 is 1.87 bits per heavy atom. The maximum Gasteiger partial charge on any atom is 0.317 e. The first-order chi connectivity index (χ1) is 7.19. The quantitative estimate of drug-likeness (QED) is 0.737. The molecular formula is C12H23NO2. The van der Waals surface area contributed by atoms with E-state index in [1.54, 1.807) is 0 Å². The zero-order valence-electron chi connectivity index (χ0n) is 9.91. The average molecular weight is 213 g/mol. The number of carboxylic acids is 1. The maximum absolute atomic E-state index is 10.9. The predicted octanol–water partition coefficient (Wildman–Crippen LogP) is 2.50. The van der Waals surface area contributed by atoms with Crippen LogP contribution in [-0.4, -0.2) is 34.6 Å². The first kappa shape index (κ1) is 12.5. The molecule has 0 aromatic heterocycles. The molecule has 88 valence electrons. The van der Waals surface area contributed by atoms with Crippen LogP contribution in [-0.2, 0) is 4.79 Å². The molecule has 1 saturated carbocycles. The summed E-state index contributed by atoms with van der Waals surface area (Å²) in [5.74, 6) is -0.686. The first-order valence-electron chi connectivity index (χ1n) is 6.16. The fourth-order valence-electron chi connectivity index (χ4n) is 2.71. The third kappa shape index (κ3) is 3.49. The van der Waals surface area contributed by atoms with Crippen LogP contribution in [0.15, 0.2) is 0 Å². The standard InChI is InChI=1S/C12H23NO2/c1-3-10(4-2)13(9-12(14)15)11-7-5-6-8-11/h10-11H,3-9H2,1-2H3,(H,14,15). The van der Waals surface area contributed by atoms with Crippen LogP contribution in [0, 0.1) is 0 Å². The van der Waals surface area contributed by atoms with Crippen LogP contribution in [0.5, 0.6) is 0 Å². The van der Waals surface area contributed by atoms with Crippen LogP contribution in [0.2, 0.25) is 0 Å². The topological polar surface area (TPSA) is 40.5 Å². The van der Waals surface area contributed by atoms with E-state index in [1.807, 2.05) is 0 Å². The molecule has 0 heterocycles. The van der Waals surface area contributed by atoms with Crippen molar-refractivity contribution in [3.8, 4) is 0 Å². The Kier molecular flexibility index (Phi) is 5.09. The van der Waals surface area contributed by atoms with Gasteiger partial charge >= 0.3 is 5.97 Å². The Balaban J connectivity index is 2.61. The smallest absolute Gasteiger partial charge is 0.317 e. The minimum Gasteiger partial charge on any atom is -0.480 e. The van der Waals surface area contributed by atoms with E-state index in [0.29, 0.717) is 12.1 Å². The van der Waals surface area contributed by atoms with Crippen molar-refractivity contribution in [3.05, 3.63) is 0 Å². The van der Waals surface area contributed by atoms with Crippen molar-refractivity contribution in [2.75, 3.05) is 6.54 Å². The lowest BCUT2D eigenvalue weighted by Crippen LogP contribution is -2.44. The molecule has 0 amide bonds. The summed E-state index contributed by atoms with van der Waals surface area (Å²) in [4.78, 5) is 13.1. The predicted molar refractivity (Wildman–Crippen MR) is 61.0 cm³/mol. The molecule has 0 aromatic rings. The van der Waals surface area contributed by atoms with Gasteiger partial charge in [-0.2, -0.15) is 0 Å². The van der Waals surface area contributed by atoms with Gasteiger partial charge in [0, 0.05) is 12.1 Å². The van der Waals surface area contributed by atoms with E-state index in [2.05, 4.69) is 18.7 Å². The van der Waals surface area contributed by atoms with Gasteiger partial charge in [0.05, 0.1) is 6.54 Å². The van der Waals surface area contributed by atoms with E-state index < -0.39 is 5.97 Å². The van der Waals surface area contributed by atoms with E-state index in [-0.39, 0.29) is 6.54 Å². The number of nitrogens with zero attached hydrogens (tertiary/aromatic N) is 1. The number of hydrogen-bond acceptors (Lipinski definition) is 2. The van der Waals surface area contributed by atoms with Gasteiger partial charge in [0.15, 0.2) is 0 Å². The number of aliphatic carboxylic acids is 1. The van der Waals surface area contributed by atoms with Crippen LogP contribution in [0.25, 0.3) is 0 Å². The number of rotatable bonds is 6. The molecule has 0 aliphatic heterocycles. The highest BCUT2D eigenvalue weighted by molar-refractivity contribution is 5.69. The van der Waals surface area contributed by atoms with Gasteiger partial charge < -0.3 is 5.11 Å². The second-order valence-corrected chi connectivity index (χ2v) is 4.47. The third-order valence-corrected chi connectivity index (χ3v) is 3.52. The van der Waals surface area contributed by atoms with Crippen molar-refractivity contribution in [2.24, 2.45) is 0 Å². The van der Waals surface area contributed by atoms with Gasteiger partial charge in [-0.05, 0) is 25.7 Å². The van der Waals surface area contributed by atoms with Crippen LogP contribution < -0.4 is 0 Å². The van der Waals surface area contributed by atoms with Gasteiger partial charge in [0.2, 0.25) is 0 Å². The molecule has 3 heteroatoms. The summed E-state index contributed by atoms with van der Waals surface area (Å²) in [5.41, 5.74) is 0. The fourth-order valence-corrected chi connectivity index (χ4v) is 2.71. The molecule has 1 rings (SSSR count). The highest BCUT2D eigenvalue weighted by Gasteiger charge is 2.28. The molecule has 0 unspecified atom stereocenters. The lowest BCUT2D eigenvalue weighted by atomic mass is 10.1. The Bertz CT molecular complexity index is 194. The van der Waals surface area contributed by atoms with E-state index in [4.69, 9.17) is 5.11 Å². The summed E-state index contributed by atoms with van der Waals surface area (Å²) in [6.07, 6.45) is 7.01. The molecule has 1 aliphatic rings. The van der Waals surface area contributed by atoms with Crippen molar-refractivity contribution in [2.45, 2.75) is 64.5 Å². The third-order valence-electron chi connectivity index (χ3n) is 3.52. The molecule has 3 nitrogen and oxygen atoms in total. The highest BCUT2D eigenvalue weighted by Crippen LogP contribution is 2.26. The van der Waals surface area contributed by atoms with Crippen molar-refractivity contribution in [1.29, 1.82) is 0 Å². The Morgan fingerprint density at radius 3 is 2.27 bits per heavy atom. The van der Waals surface area contributed by atoms with Gasteiger partial charge in [0.1, 0.15) is 0 Å². The molecule has 0 saturated heterocycles. The summed E-state index contributed by atoms with van der Waals surface area (Å²) in [7, 11) is 0. The monoisotopic (exact) mass is 213 g/mol. The van der Waals surface area contributed by atoms with Gasteiger partial charge in [-0.1, -0.05) is 26.7 Å². The van der Waals surface area contributed by atoms with Gasteiger partial charge in [-0.3, -0.25) is 9.69 Å². The minimum absolute atomic E-state index is 0.219. The van der Waals surface area contributed by atoms with Crippen molar-refractivity contribution >= 4 is 5.97 Å². The molecule has 1 aliphatic carbocycles. The number of hydrogen-bond donors (Lipinski definition) is 1. The lowest BCUT2D eigenvalue weighted by Gasteiger charge is -2.34. The zero-order chi connectivity index (χ0) is 11.3. The summed E-state index contributed by atoms with van der Waals surface area (Å²) in [6.45, 7) is 4.52. The second kappa shape index (κ2) is 6.11. The fraction of sp³-hybridized carbons (Fsp3) is 0.917. The molecule has 15 heavy (non-hydrogen) atoms. The zero-order valence-corrected chi connectivity index (χ0v) is 9.91. The van der Waals surface area contributed by atoms with E-state index in [9.17, 15) is 4.79 Å². The van der Waals surface area contributed by atoms with E-state index in [0.717, 1.165) is 12.8 Å². The van der Waals surface area contributed by atoms with Crippen LogP contribution in [0.3, 0.4) is 0 Å². The largest absolute Gasteiger partial charge is 0.480 e. The summed E-state index contributed by atoms with van der Waals surface area (Å²) >= 11 is 0. The molecule has 0 atom stereocenters. The molecule has 0 radical (unpaired) electrons. The van der Waals surface area contributed by atoms with Gasteiger partial charge in [-0.15, -0.1) is 0 Å². The number of carboxylic acid groups (broad SMARTS) is 1.